The fraction of sp³-hybridized carbons (Fsp3) is 0.500. The molecule has 15 heteroatoms. The first-order chi connectivity index (χ1) is 14.7. The number of nitrogens with zero attached hydrogens (tertiary/aromatic N) is 4. The summed E-state index contributed by atoms with van der Waals surface area (Å²) in [7, 11) is -4.56. The van der Waals surface area contributed by atoms with Crippen LogP contribution in [0.2, 0.25) is 0 Å². The molecule has 5 N–H and O–H groups in total. The number of nitrogen functional groups attached to an aromatic ring is 2. The summed E-state index contributed by atoms with van der Waals surface area (Å²) in [5.41, 5.74) is 9.71. The van der Waals surface area contributed by atoms with Gasteiger partial charge in [-0.1, -0.05) is 0 Å². The molecule has 2 fully saturated rings. The van der Waals surface area contributed by atoms with E-state index in [0.29, 0.717) is 12.8 Å². The third kappa shape index (κ3) is 5.01. The lowest BCUT2D eigenvalue weighted by Gasteiger charge is -2.21. The molecular formula is C16H21N6O8P. The average Bonchev–Trinajstić information content (AvgIpc) is 3.30. The Morgan fingerprint density at radius 3 is 1.71 bits per heavy atom. The van der Waals surface area contributed by atoms with E-state index in [2.05, 4.69) is 9.97 Å². The topological polar surface area (TPSA) is 196 Å². The van der Waals surface area contributed by atoms with Crippen LogP contribution in [0.25, 0.3) is 0 Å². The van der Waals surface area contributed by atoms with E-state index >= 15 is 0 Å². The summed E-state index contributed by atoms with van der Waals surface area (Å²) in [4.78, 5) is 41.1. The van der Waals surface area contributed by atoms with Crippen molar-refractivity contribution in [2.45, 2.75) is 50.7 Å². The molecule has 2 aromatic rings. The summed E-state index contributed by atoms with van der Waals surface area (Å²) in [6.45, 7) is 0. The second-order valence-electron chi connectivity index (χ2n) is 6.96. The van der Waals surface area contributed by atoms with Gasteiger partial charge in [-0.2, -0.15) is 9.97 Å². The van der Waals surface area contributed by atoms with Gasteiger partial charge in [0.25, 0.3) is 0 Å². The molecule has 2 aliphatic heterocycles. The summed E-state index contributed by atoms with van der Waals surface area (Å²) in [6, 6.07) is 2.88. The zero-order valence-corrected chi connectivity index (χ0v) is 17.0. The molecule has 0 saturated carbocycles. The minimum atomic E-state index is -4.56. The van der Waals surface area contributed by atoms with E-state index < -0.39 is 44.2 Å². The number of nitrogens with two attached hydrogens (primary N) is 2. The fourth-order valence-electron chi connectivity index (χ4n) is 3.36. The monoisotopic (exact) mass is 456 g/mol. The molecule has 0 spiro atoms. The third-order valence-corrected chi connectivity index (χ3v) is 5.74. The SMILES string of the molecule is Nc1ccn([C@H]2CC[C@@H](OP(=O)(O)O[C@@H]3CC[C@H](n4ccc(N)nc4=O)O3)O2)c(=O)n1. The maximum absolute atomic E-state index is 12.4. The molecule has 0 amide bonds. The molecule has 0 aromatic carbocycles. The predicted octanol–water partition coefficient (Wildman–Crippen LogP) is 0.0684. The van der Waals surface area contributed by atoms with E-state index in [9.17, 15) is 19.0 Å². The molecule has 168 valence electrons. The second kappa shape index (κ2) is 8.49. The van der Waals surface area contributed by atoms with Gasteiger partial charge in [0.15, 0.2) is 12.6 Å². The summed E-state index contributed by atoms with van der Waals surface area (Å²) >= 11 is 0. The molecule has 31 heavy (non-hydrogen) atoms. The van der Waals surface area contributed by atoms with Crippen LogP contribution >= 0.6 is 7.82 Å². The lowest BCUT2D eigenvalue weighted by molar-refractivity contribution is -0.139. The van der Waals surface area contributed by atoms with Crippen molar-refractivity contribution in [2.24, 2.45) is 0 Å². The molecular weight excluding hydrogens is 435 g/mol. The van der Waals surface area contributed by atoms with Crippen molar-refractivity contribution in [1.82, 2.24) is 19.1 Å². The molecule has 0 bridgehead atoms. The van der Waals surface area contributed by atoms with Crippen molar-refractivity contribution in [3.8, 4) is 0 Å². The minimum Gasteiger partial charge on any atom is -0.383 e. The van der Waals surface area contributed by atoms with Crippen molar-refractivity contribution in [3.05, 3.63) is 45.5 Å². The van der Waals surface area contributed by atoms with Gasteiger partial charge >= 0.3 is 19.2 Å². The first-order valence-corrected chi connectivity index (χ1v) is 10.9. The molecule has 14 nitrogen and oxygen atoms in total. The van der Waals surface area contributed by atoms with Crippen LogP contribution in [-0.4, -0.2) is 36.6 Å². The first-order valence-electron chi connectivity index (χ1n) is 9.40. The highest BCUT2D eigenvalue weighted by Crippen LogP contribution is 2.50. The van der Waals surface area contributed by atoms with Crippen LogP contribution in [0, 0.1) is 0 Å². The first kappa shape index (κ1) is 21.6. The van der Waals surface area contributed by atoms with E-state index in [0.717, 1.165) is 0 Å². The molecule has 4 heterocycles. The lowest BCUT2D eigenvalue weighted by atomic mass is 10.3. The minimum absolute atomic E-state index is 0.0761. The van der Waals surface area contributed by atoms with E-state index in [1.807, 2.05) is 0 Å². The van der Waals surface area contributed by atoms with Gasteiger partial charge in [0.1, 0.15) is 24.1 Å². The Kier molecular flexibility index (Phi) is 5.92. The van der Waals surface area contributed by atoms with E-state index in [4.69, 9.17) is 30.0 Å². The average molecular weight is 456 g/mol. The Bertz CT molecular complexity index is 1040. The molecule has 2 aromatic heterocycles. The molecule has 0 radical (unpaired) electrons. The number of hydrogen-bond donors (Lipinski definition) is 3. The Hall–Kier alpha value is -2.61. The zero-order valence-electron chi connectivity index (χ0n) is 16.1. The van der Waals surface area contributed by atoms with Crippen LogP contribution in [0.3, 0.4) is 0 Å². The Balaban J connectivity index is 1.33. The molecule has 0 aliphatic carbocycles. The van der Waals surface area contributed by atoms with Crippen molar-refractivity contribution >= 4 is 19.5 Å². The molecule has 0 unspecified atom stereocenters. The van der Waals surface area contributed by atoms with Crippen LogP contribution < -0.4 is 22.8 Å². The van der Waals surface area contributed by atoms with Crippen LogP contribution in [0.1, 0.15) is 38.1 Å². The highest BCUT2D eigenvalue weighted by Gasteiger charge is 2.39. The molecule has 2 saturated heterocycles. The number of anilines is 2. The Morgan fingerprint density at radius 1 is 0.903 bits per heavy atom. The summed E-state index contributed by atoms with van der Waals surface area (Å²) < 4.78 is 36.0. The van der Waals surface area contributed by atoms with Gasteiger partial charge < -0.3 is 25.8 Å². The van der Waals surface area contributed by atoms with Gasteiger partial charge in [0, 0.05) is 25.2 Å². The second-order valence-corrected chi connectivity index (χ2v) is 8.32. The Morgan fingerprint density at radius 2 is 1.32 bits per heavy atom. The normalized spacial score (nSPS) is 26.4. The quantitative estimate of drug-likeness (QED) is 0.495. The van der Waals surface area contributed by atoms with Gasteiger partial charge in [0.2, 0.25) is 0 Å². The van der Waals surface area contributed by atoms with Gasteiger partial charge in [-0.05, 0) is 25.0 Å². The summed E-state index contributed by atoms with van der Waals surface area (Å²) in [5, 5.41) is 0. The molecule has 4 atom stereocenters. The molecule has 2 aliphatic rings. The van der Waals surface area contributed by atoms with Gasteiger partial charge in [-0.25, -0.2) is 14.2 Å². The van der Waals surface area contributed by atoms with E-state index in [-0.39, 0.29) is 24.5 Å². The summed E-state index contributed by atoms with van der Waals surface area (Å²) in [6.07, 6.45) is 0.450. The number of phosphoric acid groups is 1. The van der Waals surface area contributed by atoms with Gasteiger partial charge in [0.05, 0.1) is 0 Å². The number of rotatable bonds is 6. The summed E-state index contributed by atoms with van der Waals surface area (Å²) in [5.74, 6) is 0.152. The van der Waals surface area contributed by atoms with Crippen LogP contribution in [-0.2, 0) is 23.1 Å². The van der Waals surface area contributed by atoms with E-state index in [1.165, 1.54) is 33.7 Å². The zero-order chi connectivity index (χ0) is 22.2. The standard InChI is InChI=1S/C16H21N6O8P/c17-9-5-7-21(15(23)19-9)11-1-3-13(27-11)29-31(25,26)30-14-4-2-12(28-14)22-8-6-10(18)20-16(22)24/h5-8,11-14H,1-4H2,(H,25,26)(H2,17,19,23)(H2,18,20,24)/t11-,12-,13-,14-/m1/s1. The van der Waals surface area contributed by atoms with Crippen molar-refractivity contribution in [3.63, 3.8) is 0 Å². The van der Waals surface area contributed by atoms with Crippen LogP contribution in [0.4, 0.5) is 11.6 Å². The van der Waals surface area contributed by atoms with Gasteiger partial charge in [-0.3, -0.25) is 18.2 Å². The molecule has 4 rings (SSSR count). The number of hydrogen-bond acceptors (Lipinski definition) is 11. The number of phosphoric ester groups is 1. The lowest BCUT2D eigenvalue weighted by Crippen LogP contribution is -2.28. The van der Waals surface area contributed by atoms with Crippen molar-refractivity contribution in [2.75, 3.05) is 11.5 Å². The number of ether oxygens (including phenoxy) is 2. The smallest absolute Gasteiger partial charge is 0.383 e. The van der Waals surface area contributed by atoms with Crippen LogP contribution in [0.15, 0.2) is 34.1 Å². The van der Waals surface area contributed by atoms with E-state index in [1.54, 1.807) is 0 Å². The highest BCUT2D eigenvalue weighted by molar-refractivity contribution is 7.47. The van der Waals surface area contributed by atoms with Crippen molar-refractivity contribution < 1.29 is 28.0 Å². The predicted molar refractivity (Wildman–Crippen MR) is 104 cm³/mol. The fourth-order valence-corrected chi connectivity index (χ4v) is 4.31. The maximum atomic E-state index is 12.4. The van der Waals surface area contributed by atoms with Gasteiger partial charge in [-0.15, -0.1) is 0 Å². The largest absolute Gasteiger partial charge is 0.476 e. The number of aromatic nitrogens is 4. The maximum Gasteiger partial charge on any atom is 0.476 e. The highest BCUT2D eigenvalue weighted by atomic mass is 31.2. The van der Waals surface area contributed by atoms with Crippen LogP contribution in [0.5, 0.6) is 0 Å². The Labute approximate surface area is 174 Å². The van der Waals surface area contributed by atoms with Crippen molar-refractivity contribution in [1.29, 1.82) is 0 Å². The third-order valence-electron chi connectivity index (χ3n) is 4.74.